The van der Waals surface area contributed by atoms with E-state index in [1.54, 1.807) is 0 Å². The van der Waals surface area contributed by atoms with E-state index in [1.807, 2.05) is 124 Å². The first-order valence-corrected chi connectivity index (χ1v) is 19.6. The molecule has 0 aromatic heterocycles. The Morgan fingerprint density at radius 2 is 1.02 bits per heavy atom. The van der Waals surface area contributed by atoms with Crippen molar-refractivity contribution in [1.82, 2.24) is 4.90 Å². The Morgan fingerprint density at radius 1 is 0.653 bits per heavy atom. The molecule has 0 bridgehead atoms. The van der Waals surface area contributed by atoms with Gasteiger partial charge in [-0.3, -0.25) is 4.90 Å². The lowest BCUT2D eigenvalue weighted by Gasteiger charge is -2.59. The monoisotopic (exact) mass is 691 g/mol. The molecule has 2 N–H and O–H groups in total. The van der Waals surface area contributed by atoms with Crippen molar-refractivity contribution in [3.8, 4) is 6.07 Å². The summed E-state index contributed by atoms with van der Waals surface area (Å²) in [6.45, 7) is 10.3. The van der Waals surface area contributed by atoms with E-state index in [1.165, 1.54) is 46.3 Å². The molecule has 0 aliphatic rings. The van der Waals surface area contributed by atoms with Gasteiger partial charge in [-0.2, -0.15) is 19.6 Å². The van der Waals surface area contributed by atoms with Crippen molar-refractivity contribution in [2.24, 2.45) is 0 Å². The van der Waals surface area contributed by atoms with Gasteiger partial charge in [0.15, 0.2) is 0 Å². The summed E-state index contributed by atoms with van der Waals surface area (Å²) in [4.78, 5) is 26.9. The van der Waals surface area contributed by atoms with Crippen molar-refractivity contribution in [2.45, 2.75) is 121 Å². The molecular weight excluding hydrogens is 631 g/mol. The van der Waals surface area contributed by atoms with Crippen LogP contribution in [0.25, 0.3) is 0 Å². The molecule has 0 radical (unpaired) electrons. The van der Waals surface area contributed by atoms with Crippen molar-refractivity contribution in [1.29, 1.82) is 5.26 Å². The van der Waals surface area contributed by atoms with Gasteiger partial charge in [-0.1, -0.05) is 149 Å². The van der Waals surface area contributed by atoms with Crippen LogP contribution in [0.2, 0.25) is 0 Å². The van der Waals surface area contributed by atoms with E-state index in [9.17, 15) is 15.0 Å². The zero-order chi connectivity index (χ0) is 36.0. The highest BCUT2D eigenvalue weighted by atomic mass is 31.2. The molecule has 0 aliphatic carbocycles. The number of nitrogens with zero attached hydrogens (tertiary/aromatic N) is 2. The number of hydrogen-bond donors (Lipinski definition) is 2. The summed E-state index contributed by atoms with van der Waals surface area (Å²) >= 11 is 0. The standard InChI is InChI=1S/C41H60N2O5P/c1-8-9-10-11-12-13-14-15-25-32-48-49(44,45)41(46-6,47-7)39(33-42,43(34(2)3)35(4)5)40(36-26-19-16-20-27-36,37-28-21-17-22-29-37)38-30-23-18-24-31-38/h16-24,26-31,34-35,44-45H,8-15,25,32H2,1-7H3/q+1. The van der Waals surface area contributed by atoms with Gasteiger partial charge >= 0.3 is 13.5 Å². The molecule has 1 unspecified atom stereocenters. The Morgan fingerprint density at radius 3 is 1.35 bits per heavy atom. The van der Waals surface area contributed by atoms with E-state index in [-0.39, 0.29) is 18.7 Å². The number of benzene rings is 3. The highest BCUT2D eigenvalue weighted by molar-refractivity contribution is 7.61. The van der Waals surface area contributed by atoms with Crippen LogP contribution in [0.4, 0.5) is 0 Å². The van der Waals surface area contributed by atoms with Crippen LogP contribution in [0.15, 0.2) is 91.0 Å². The quantitative estimate of drug-likeness (QED) is 0.0469. The molecule has 0 saturated heterocycles. The highest BCUT2D eigenvalue weighted by Gasteiger charge is 2.84. The molecule has 3 rings (SSSR count). The van der Waals surface area contributed by atoms with Crippen LogP contribution in [0.3, 0.4) is 0 Å². The smallest absolute Gasteiger partial charge is 0.313 e. The molecule has 7 nitrogen and oxygen atoms in total. The maximum atomic E-state index is 12.4. The van der Waals surface area contributed by atoms with E-state index >= 15 is 0 Å². The SMILES string of the molecule is CCCCCCCCCCCO[P+](O)(O)C(OC)(OC)C(C#N)(N(C(C)C)C(C)C)C(c1ccccc1)(c1ccccc1)c1ccccc1. The van der Waals surface area contributed by atoms with E-state index in [0.717, 1.165) is 36.0 Å². The average Bonchev–Trinajstić information content (AvgIpc) is 3.10. The number of nitriles is 1. The predicted molar refractivity (Wildman–Crippen MR) is 201 cm³/mol. The van der Waals surface area contributed by atoms with Crippen LogP contribution < -0.4 is 0 Å². The van der Waals surface area contributed by atoms with Gasteiger partial charge in [0.25, 0.3) is 0 Å². The molecule has 49 heavy (non-hydrogen) atoms. The van der Waals surface area contributed by atoms with Crippen molar-refractivity contribution < 1.29 is 23.8 Å². The fourth-order valence-corrected chi connectivity index (χ4v) is 9.67. The molecule has 8 heteroatoms. The third-order valence-electron chi connectivity index (χ3n) is 9.74. The molecule has 0 amide bonds. The maximum absolute atomic E-state index is 12.4. The first kappa shape index (κ1) is 40.8. The fourth-order valence-electron chi connectivity index (χ4n) is 7.88. The minimum absolute atomic E-state index is 0.0883. The lowest BCUT2D eigenvalue weighted by atomic mass is 9.56. The van der Waals surface area contributed by atoms with Crippen molar-refractivity contribution in [2.75, 3.05) is 20.8 Å². The number of unbranched alkanes of at least 4 members (excludes halogenated alkanes) is 8. The van der Waals surface area contributed by atoms with Crippen LogP contribution in [0, 0.1) is 11.3 Å². The number of hydrogen-bond acceptors (Lipinski definition) is 7. The second kappa shape index (κ2) is 19.1. The van der Waals surface area contributed by atoms with Crippen molar-refractivity contribution in [3.05, 3.63) is 108 Å². The van der Waals surface area contributed by atoms with Crippen LogP contribution in [-0.2, 0) is 19.4 Å². The summed E-state index contributed by atoms with van der Waals surface area (Å²) in [6, 6.07) is 31.5. The summed E-state index contributed by atoms with van der Waals surface area (Å²) in [5.41, 5.74) is -3.45. The fraction of sp³-hybridized carbons (Fsp3) is 0.537. The van der Waals surface area contributed by atoms with Gasteiger partial charge in [0, 0.05) is 26.3 Å². The molecule has 1 atom stereocenters. The Bertz CT molecular complexity index is 1290. The minimum Gasteiger partial charge on any atom is -0.313 e. The molecule has 0 spiro atoms. The molecule has 0 saturated carbocycles. The van der Waals surface area contributed by atoms with Gasteiger partial charge in [-0.15, -0.1) is 0 Å². The summed E-state index contributed by atoms with van der Waals surface area (Å²) < 4.78 is 18.8. The summed E-state index contributed by atoms with van der Waals surface area (Å²) in [5, 5.41) is 12.1. The number of ether oxygens (including phenoxy) is 2. The van der Waals surface area contributed by atoms with Gasteiger partial charge in [-0.25, -0.2) is 0 Å². The topological polar surface area (TPSA) is 95.2 Å². The highest BCUT2D eigenvalue weighted by Crippen LogP contribution is 2.73. The zero-order valence-corrected chi connectivity index (χ0v) is 31.7. The Labute approximate surface area is 296 Å². The normalized spacial score (nSPS) is 13.9. The molecule has 0 heterocycles. The lowest BCUT2D eigenvalue weighted by Crippen LogP contribution is -2.77. The van der Waals surface area contributed by atoms with Crippen LogP contribution in [0.1, 0.15) is 109 Å². The predicted octanol–water partition coefficient (Wildman–Crippen LogP) is 9.64. The first-order chi connectivity index (χ1) is 23.6. The van der Waals surface area contributed by atoms with Crippen molar-refractivity contribution in [3.63, 3.8) is 0 Å². The van der Waals surface area contributed by atoms with E-state index in [0.29, 0.717) is 6.42 Å². The lowest BCUT2D eigenvalue weighted by molar-refractivity contribution is -0.243. The van der Waals surface area contributed by atoms with Crippen LogP contribution in [-0.4, -0.2) is 58.7 Å². The van der Waals surface area contributed by atoms with Gasteiger partial charge in [0.1, 0.15) is 0 Å². The first-order valence-electron chi connectivity index (χ1n) is 18.0. The largest absolute Gasteiger partial charge is 0.475 e. The number of rotatable bonds is 22. The third-order valence-corrected chi connectivity index (χ3v) is 11.7. The molecule has 0 aliphatic heterocycles. The average molecular weight is 692 g/mol. The van der Waals surface area contributed by atoms with Gasteiger partial charge < -0.3 is 9.47 Å². The summed E-state index contributed by atoms with van der Waals surface area (Å²) in [5.74, 6) is 0. The maximum Gasteiger partial charge on any atom is 0.475 e. The van der Waals surface area contributed by atoms with E-state index in [4.69, 9.17) is 14.0 Å². The van der Waals surface area contributed by atoms with Crippen molar-refractivity contribution >= 4 is 7.94 Å². The molecule has 0 fully saturated rings. The molecule has 268 valence electrons. The van der Waals surface area contributed by atoms with Gasteiger partial charge in [0.2, 0.25) is 5.54 Å². The Hall–Kier alpha value is -2.66. The zero-order valence-electron chi connectivity index (χ0n) is 30.8. The second-order valence-corrected chi connectivity index (χ2v) is 15.4. The van der Waals surface area contributed by atoms with E-state index < -0.39 is 24.4 Å². The Kier molecular flexibility index (Phi) is 15.9. The Balaban J connectivity index is 2.33. The third kappa shape index (κ3) is 8.13. The minimum atomic E-state index is -4.70. The molecule has 3 aromatic rings. The summed E-state index contributed by atoms with van der Waals surface area (Å²) in [7, 11) is -1.94. The molecule has 3 aromatic carbocycles. The van der Waals surface area contributed by atoms with Gasteiger partial charge in [0.05, 0.1) is 18.1 Å². The number of methoxy groups -OCH3 is 2. The van der Waals surface area contributed by atoms with E-state index in [2.05, 4.69) is 13.0 Å². The molecular formula is C41H60N2O5P+. The second-order valence-electron chi connectivity index (χ2n) is 13.5. The van der Waals surface area contributed by atoms with Crippen LogP contribution >= 0.6 is 7.94 Å². The van der Waals surface area contributed by atoms with Crippen LogP contribution in [0.5, 0.6) is 0 Å². The summed E-state index contributed by atoms with van der Waals surface area (Å²) in [6.07, 6.45) is 9.98. The van der Waals surface area contributed by atoms with Gasteiger partial charge in [-0.05, 0) is 50.8 Å².